The molecule has 4 heteroatoms. The summed E-state index contributed by atoms with van der Waals surface area (Å²) in [6.07, 6.45) is 3.06. The lowest BCUT2D eigenvalue weighted by Crippen LogP contribution is -2.02. The average molecular weight is 239 g/mol. The van der Waals surface area contributed by atoms with Crippen molar-refractivity contribution >= 4 is 14.1 Å². The van der Waals surface area contributed by atoms with Crippen molar-refractivity contribution in [2.24, 2.45) is 0 Å². The van der Waals surface area contributed by atoms with Gasteiger partial charge >= 0.3 is 13.9 Å². The van der Waals surface area contributed by atoms with Gasteiger partial charge in [0.05, 0.1) is 0 Å². The smallest absolute Gasteiger partial charge is 0.345 e. The molecule has 0 fully saturated rings. The molecule has 0 aliphatic rings. The highest BCUT2D eigenvalue weighted by molar-refractivity contribution is 7.40. The molecule has 1 N–H and O–H groups in total. The van der Waals surface area contributed by atoms with Gasteiger partial charge in [-0.05, 0) is 30.1 Å². The van der Waals surface area contributed by atoms with Crippen molar-refractivity contribution in [1.29, 1.82) is 0 Å². The lowest BCUT2D eigenvalue weighted by Gasteiger charge is -1.96. The number of aliphatic hydroxyl groups is 1. The summed E-state index contributed by atoms with van der Waals surface area (Å²) >= 11 is 0. The SMILES string of the molecule is CC(C)O[P+](=O)C(O)/C=C/c1ccccc1. The van der Waals surface area contributed by atoms with Crippen LogP contribution in [0.1, 0.15) is 19.4 Å². The van der Waals surface area contributed by atoms with E-state index in [0.717, 1.165) is 5.56 Å². The van der Waals surface area contributed by atoms with E-state index >= 15 is 0 Å². The first kappa shape index (κ1) is 13.0. The quantitative estimate of drug-likeness (QED) is 0.802. The fourth-order valence-electron chi connectivity index (χ4n) is 1.10. The molecule has 2 atom stereocenters. The summed E-state index contributed by atoms with van der Waals surface area (Å²) in [7, 11) is -2.06. The second-order valence-corrected chi connectivity index (χ2v) is 4.93. The van der Waals surface area contributed by atoms with Crippen LogP contribution in [0.4, 0.5) is 0 Å². The molecule has 1 rings (SSSR count). The zero-order valence-corrected chi connectivity index (χ0v) is 10.3. The van der Waals surface area contributed by atoms with Gasteiger partial charge in [0.15, 0.2) is 0 Å². The number of hydrogen-bond acceptors (Lipinski definition) is 3. The maximum atomic E-state index is 11.4. The monoisotopic (exact) mass is 239 g/mol. The first-order valence-corrected chi connectivity index (χ1v) is 6.38. The fourth-order valence-corrected chi connectivity index (χ4v) is 1.87. The Labute approximate surface area is 96.6 Å². The Hall–Kier alpha value is -1.02. The van der Waals surface area contributed by atoms with Gasteiger partial charge in [-0.2, -0.15) is 0 Å². The van der Waals surface area contributed by atoms with E-state index in [1.165, 1.54) is 6.08 Å². The second kappa shape index (κ2) is 6.54. The van der Waals surface area contributed by atoms with Gasteiger partial charge in [-0.25, -0.2) is 0 Å². The minimum Gasteiger partial charge on any atom is -0.345 e. The van der Waals surface area contributed by atoms with Crippen LogP contribution in [0.25, 0.3) is 6.08 Å². The Morgan fingerprint density at radius 3 is 2.50 bits per heavy atom. The topological polar surface area (TPSA) is 46.5 Å². The molecule has 0 saturated heterocycles. The van der Waals surface area contributed by atoms with Crippen LogP contribution >= 0.6 is 8.03 Å². The summed E-state index contributed by atoms with van der Waals surface area (Å²) in [6.45, 7) is 3.56. The minimum absolute atomic E-state index is 0.150. The maximum absolute atomic E-state index is 11.4. The van der Waals surface area contributed by atoms with Gasteiger partial charge in [0.25, 0.3) is 0 Å². The van der Waals surface area contributed by atoms with Crippen LogP contribution in [0, 0.1) is 0 Å². The van der Waals surface area contributed by atoms with Crippen molar-refractivity contribution in [3.05, 3.63) is 42.0 Å². The number of rotatable bonds is 5. The predicted octanol–water partition coefficient (Wildman–Crippen LogP) is 3.19. The van der Waals surface area contributed by atoms with Gasteiger partial charge in [0.1, 0.15) is 6.10 Å². The Kier molecular flexibility index (Phi) is 5.33. The first-order valence-electron chi connectivity index (χ1n) is 5.14. The molecular weight excluding hydrogens is 223 g/mol. The summed E-state index contributed by atoms with van der Waals surface area (Å²) < 4.78 is 16.4. The van der Waals surface area contributed by atoms with E-state index in [2.05, 4.69) is 0 Å². The highest BCUT2D eigenvalue weighted by atomic mass is 31.1. The molecule has 0 saturated carbocycles. The Morgan fingerprint density at radius 1 is 1.31 bits per heavy atom. The van der Waals surface area contributed by atoms with Crippen molar-refractivity contribution in [1.82, 2.24) is 0 Å². The van der Waals surface area contributed by atoms with Crippen molar-refractivity contribution in [3.63, 3.8) is 0 Å². The van der Waals surface area contributed by atoms with Crippen LogP contribution in [-0.4, -0.2) is 17.1 Å². The molecule has 0 radical (unpaired) electrons. The van der Waals surface area contributed by atoms with Gasteiger partial charge in [-0.1, -0.05) is 36.4 Å². The number of benzene rings is 1. The largest absolute Gasteiger partial charge is 0.545 e. The van der Waals surface area contributed by atoms with E-state index < -0.39 is 13.9 Å². The molecule has 0 aliphatic carbocycles. The molecule has 0 amide bonds. The van der Waals surface area contributed by atoms with Crippen LogP contribution in [0.15, 0.2) is 36.4 Å². The minimum atomic E-state index is -2.06. The Balaban J connectivity index is 2.54. The number of aliphatic hydroxyl groups excluding tert-OH is 1. The van der Waals surface area contributed by atoms with Gasteiger partial charge in [0.2, 0.25) is 0 Å². The van der Waals surface area contributed by atoms with E-state index in [1.807, 2.05) is 30.3 Å². The average Bonchev–Trinajstić information content (AvgIpc) is 2.26. The molecule has 86 valence electrons. The first-order chi connectivity index (χ1) is 7.59. The summed E-state index contributed by atoms with van der Waals surface area (Å²) in [6, 6.07) is 9.52. The molecule has 2 unspecified atom stereocenters. The zero-order chi connectivity index (χ0) is 12.0. The molecule has 0 spiro atoms. The molecular formula is C12H16O3P+. The highest BCUT2D eigenvalue weighted by Crippen LogP contribution is 2.30. The zero-order valence-electron chi connectivity index (χ0n) is 9.41. The van der Waals surface area contributed by atoms with E-state index in [9.17, 15) is 9.67 Å². The van der Waals surface area contributed by atoms with Crippen LogP contribution in [0.3, 0.4) is 0 Å². The lowest BCUT2D eigenvalue weighted by molar-refractivity contribution is 0.216. The molecule has 0 heterocycles. The van der Waals surface area contributed by atoms with Crippen molar-refractivity contribution in [2.45, 2.75) is 25.8 Å². The standard InChI is InChI=1S/C12H16O3P/c1-10(2)15-16(14)12(13)9-8-11-6-4-3-5-7-11/h3-10,12-13H,1-2H3/q+1/b9-8+. The normalized spacial score (nSPS) is 14.4. The summed E-state index contributed by atoms with van der Waals surface area (Å²) in [5.74, 6) is -1.06. The Bertz CT molecular complexity index is 360. The third kappa shape index (κ3) is 4.67. The van der Waals surface area contributed by atoms with E-state index in [-0.39, 0.29) is 6.10 Å². The van der Waals surface area contributed by atoms with Crippen LogP contribution in [0.2, 0.25) is 0 Å². The lowest BCUT2D eigenvalue weighted by atomic mass is 10.2. The number of hydrogen-bond donors (Lipinski definition) is 1. The molecule has 0 aromatic heterocycles. The maximum Gasteiger partial charge on any atom is 0.545 e. The second-order valence-electron chi connectivity index (χ2n) is 3.62. The van der Waals surface area contributed by atoms with Crippen LogP contribution in [-0.2, 0) is 9.09 Å². The molecule has 3 nitrogen and oxygen atoms in total. The van der Waals surface area contributed by atoms with E-state index in [1.54, 1.807) is 19.9 Å². The molecule has 0 aliphatic heterocycles. The van der Waals surface area contributed by atoms with Crippen LogP contribution in [0.5, 0.6) is 0 Å². The molecule has 0 bridgehead atoms. The van der Waals surface area contributed by atoms with E-state index in [4.69, 9.17) is 4.52 Å². The van der Waals surface area contributed by atoms with E-state index in [0.29, 0.717) is 0 Å². The van der Waals surface area contributed by atoms with Crippen molar-refractivity contribution < 1.29 is 14.2 Å². The molecule has 1 aromatic carbocycles. The summed E-state index contributed by atoms with van der Waals surface area (Å²) in [4.78, 5) is 0. The van der Waals surface area contributed by atoms with Gasteiger partial charge in [-0.3, -0.25) is 0 Å². The fraction of sp³-hybridized carbons (Fsp3) is 0.333. The summed E-state index contributed by atoms with van der Waals surface area (Å²) in [5, 5.41) is 9.53. The summed E-state index contributed by atoms with van der Waals surface area (Å²) in [5.41, 5.74) is 0.953. The van der Waals surface area contributed by atoms with Gasteiger partial charge < -0.3 is 5.11 Å². The molecule has 16 heavy (non-hydrogen) atoms. The molecule has 1 aromatic rings. The predicted molar refractivity (Wildman–Crippen MR) is 65.3 cm³/mol. The van der Waals surface area contributed by atoms with Crippen molar-refractivity contribution in [2.75, 3.05) is 0 Å². The Morgan fingerprint density at radius 2 is 1.94 bits per heavy atom. The van der Waals surface area contributed by atoms with Gasteiger partial charge in [0, 0.05) is 0 Å². The highest BCUT2D eigenvalue weighted by Gasteiger charge is 2.29. The van der Waals surface area contributed by atoms with Crippen molar-refractivity contribution in [3.8, 4) is 0 Å². The third-order valence-electron chi connectivity index (χ3n) is 1.79. The van der Waals surface area contributed by atoms with Crippen LogP contribution < -0.4 is 0 Å². The van der Waals surface area contributed by atoms with Gasteiger partial charge in [-0.15, -0.1) is 4.52 Å². The third-order valence-corrected chi connectivity index (χ3v) is 3.02.